The third-order valence-corrected chi connectivity index (χ3v) is 3.79. The molecule has 1 heterocycles. The Morgan fingerprint density at radius 1 is 1.33 bits per heavy atom. The first-order valence-electron chi connectivity index (χ1n) is 3.62. The van der Waals surface area contributed by atoms with Crippen molar-refractivity contribution in [3.63, 3.8) is 0 Å². The molecule has 2 rings (SSSR count). The second-order valence-electron chi connectivity index (χ2n) is 3.07. The first kappa shape index (κ1) is 6.40. The van der Waals surface area contributed by atoms with Gasteiger partial charge in [-0.05, 0) is 25.2 Å². The van der Waals surface area contributed by atoms with Gasteiger partial charge in [-0.15, -0.1) is 0 Å². The van der Waals surface area contributed by atoms with Crippen molar-refractivity contribution in [1.29, 1.82) is 0 Å². The number of rotatable bonds is 0. The summed E-state index contributed by atoms with van der Waals surface area (Å²) in [5, 5.41) is 0. The average Bonchev–Trinajstić information content (AvgIpc) is 2.25. The average molecular weight is 238 g/mol. The Balaban J connectivity index is 2.05. The highest BCUT2D eigenvalue weighted by Crippen LogP contribution is 2.36. The summed E-state index contributed by atoms with van der Waals surface area (Å²) in [5.74, 6) is 0.918. The summed E-state index contributed by atoms with van der Waals surface area (Å²) in [7, 11) is 0. The number of hydrogen-bond donors (Lipinski definition) is 0. The summed E-state index contributed by atoms with van der Waals surface area (Å²) in [5.41, 5.74) is 0. The second kappa shape index (κ2) is 2.38. The van der Waals surface area contributed by atoms with Crippen LogP contribution in [0.3, 0.4) is 0 Å². The standard InChI is InChI=1S/C7H11IO/c8-6-2-1-5-3-7(6)9-4-5/h5-7H,1-4H2/t5-,6-,7-/m1/s1. The third kappa shape index (κ3) is 1.11. The monoisotopic (exact) mass is 238 g/mol. The zero-order valence-corrected chi connectivity index (χ0v) is 7.50. The lowest BCUT2D eigenvalue weighted by Crippen LogP contribution is -2.22. The van der Waals surface area contributed by atoms with Gasteiger partial charge in [-0.1, -0.05) is 22.6 Å². The molecule has 1 aliphatic heterocycles. The van der Waals surface area contributed by atoms with Gasteiger partial charge in [0, 0.05) is 10.5 Å². The van der Waals surface area contributed by atoms with Crippen LogP contribution in [0.15, 0.2) is 0 Å². The quantitative estimate of drug-likeness (QED) is 0.463. The van der Waals surface area contributed by atoms with Crippen LogP contribution in [0, 0.1) is 5.92 Å². The van der Waals surface area contributed by atoms with Crippen LogP contribution in [0.2, 0.25) is 0 Å². The molecule has 1 nitrogen and oxygen atoms in total. The lowest BCUT2D eigenvalue weighted by Gasteiger charge is -2.21. The molecular weight excluding hydrogens is 227 g/mol. The Morgan fingerprint density at radius 2 is 2.22 bits per heavy atom. The van der Waals surface area contributed by atoms with Crippen LogP contribution in [-0.4, -0.2) is 16.6 Å². The molecule has 0 aromatic carbocycles. The van der Waals surface area contributed by atoms with Crippen molar-refractivity contribution in [2.45, 2.75) is 29.3 Å². The van der Waals surface area contributed by atoms with Gasteiger partial charge in [-0.3, -0.25) is 0 Å². The van der Waals surface area contributed by atoms with E-state index in [0.717, 1.165) is 16.4 Å². The van der Waals surface area contributed by atoms with Crippen molar-refractivity contribution in [3.8, 4) is 0 Å². The fraction of sp³-hybridized carbons (Fsp3) is 1.00. The van der Waals surface area contributed by atoms with Gasteiger partial charge in [0.2, 0.25) is 0 Å². The van der Waals surface area contributed by atoms with E-state index in [4.69, 9.17) is 4.74 Å². The van der Waals surface area contributed by atoms with Gasteiger partial charge < -0.3 is 4.74 Å². The minimum atomic E-state index is 0.615. The van der Waals surface area contributed by atoms with E-state index < -0.39 is 0 Å². The number of ether oxygens (including phenoxy) is 1. The molecule has 1 saturated carbocycles. The summed E-state index contributed by atoms with van der Waals surface area (Å²) in [6.07, 6.45) is 4.75. The van der Waals surface area contributed by atoms with Crippen LogP contribution in [0.5, 0.6) is 0 Å². The Bertz CT molecular complexity index is 115. The molecule has 9 heavy (non-hydrogen) atoms. The Hall–Kier alpha value is 0.690. The fourth-order valence-electron chi connectivity index (χ4n) is 1.76. The molecule has 2 heteroatoms. The van der Waals surface area contributed by atoms with E-state index in [1.54, 1.807) is 0 Å². The van der Waals surface area contributed by atoms with Crippen LogP contribution in [-0.2, 0) is 4.74 Å². The van der Waals surface area contributed by atoms with Crippen LogP contribution >= 0.6 is 22.6 Å². The first-order chi connectivity index (χ1) is 4.36. The molecule has 0 aromatic heterocycles. The van der Waals surface area contributed by atoms with E-state index in [-0.39, 0.29) is 0 Å². The number of fused-ring (bicyclic) bond motifs is 2. The SMILES string of the molecule is I[C@@H]1CC[C@H]2CO[C@@H]1C2. The fourth-order valence-corrected chi connectivity index (χ4v) is 2.62. The van der Waals surface area contributed by atoms with Gasteiger partial charge >= 0.3 is 0 Å². The maximum atomic E-state index is 5.58. The van der Waals surface area contributed by atoms with E-state index in [0.29, 0.717) is 6.10 Å². The zero-order chi connectivity index (χ0) is 6.27. The van der Waals surface area contributed by atoms with Crippen LogP contribution < -0.4 is 0 Å². The van der Waals surface area contributed by atoms with Gasteiger partial charge in [0.25, 0.3) is 0 Å². The molecule has 0 aromatic rings. The maximum absolute atomic E-state index is 5.58. The number of hydrogen-bond acceptors (Lipinski definition) is 1. The predicted molar refractivity (Wildman–Crippen MR) is 44.9 cm³/mol. The molecular formula is C7H11IO. The summed E-state index contributed by atoms with van der Waals surface area (Å²) in [6, 6.07) is 0. The largest absolute Gasteiger partial charge is 0.377 e. The molecule has 0 spiro atoms. The Labute approximate surface area is 69.3 Å². The van der Waals surface area contributed by atoms with Crippen molar-refractivity contribution < 1.29 is 4.74 Å². The molecule has 2 fully saturated rings. The molecule has 1 aliphatic carbocycles. The van der Waals surface area contributed by atoms with Gasteiger partial charge in [-0.2, -0.15) is 0 Å². The molecule has 0 radical (unpaired) electrons. The van der Waals surface area contributed by atoms with Crippen molar-refractivity contribution in [1.82, 2.24) is 0 Å². The molecule has 0 N–H and O–H groups in total. The minimum absolute atomic E-state index is 0.615. The zero-order valence-electron chi connectivity index (χ0n) is 5.35. The van der Waals surface area contributed by atoms with Crippen molar-refractivity contribution in [2.75, 3.05) is 6.61 Å². The van der Waals surface area contributed by atoms with E-state index in [1.807, 2.05) is 0 Å². The molecule has 2 bridgehead atoms. The van der Waals surface area contributed by atoms with E-state index >= 15 is 0 Å². The van der Waals surface area contributed by atoms with Gasteiger partial charge in [0.15, 0.2) is 0 Å². The molecule has 0 amide bonds. The van der Waals surface area contributed by atoms with Crippen LogP contribution in [0.1, 0.15) is 19.3 Å². The summed E-state index contributed by atoms with van der Waals surface area (Å²) >= 11 is 2.52. The Morgan fingerprint density at radius 3 is 3.00 bits per heavy atom. The van der Waals surface area contributed by atoms with E-state index in [2.05, 4.69) is 22.6 Å². The van der Waals surface area contributed by atoms with Crippen LogP contribution in [0.4, 0.5) is 0 Å². The minimum Gasteiger partial charge on any atom is -0.377 e. The maximum Gasteiger partial charge on any atom is 0.0696 e. The topological polar surface area (TPSA) is 9.23 Å². The summed E-state index contributed by atoms with van der Waals surface area (Å²) < 4.78 is 6.39. The lowest BCUT2D eigenvalue weighted by atomic mass is 9.91. The third-order valence-electron chi connectivity index (χ3n) is 2.37. The smallest absolute Gasteiger partial charge is 0.0696 e. The van der Waals surface area contributed by atoms with E-state index in [9.17, 15) is 0 Å². The van der Waals surface area contributed by atoms with Gasteiger partial charge in [0.05, 0.1) is 6.10 Å². The summed E-state index contributed by atoms with van der Waals surface area (Å²) in [4.78, 5) is 0. The molecule has 2 aliphatic rings. The van der Waals surface area contributed by atoms with Crippen molar-refractivity contribution >= 4 is 22.6 Å². The number of halogens is 1. The lowest BCUT2D eigenvalue weighted by molar-refractivity contribution is 0.115. The van der Waals surface area contributed by atoms with Crippen molar-refractivity contribution in [3.05, 3.63) is 0 Å². The summed E-state index contributed by atoms with van der Waals surface area (Å²) in [6.45, 7) is 1.05. The normalized spacial score (nSPS) is 49.7. The highest BCUT2D eigenvalue weighted by Gasteiger charge is 2.34. The second-order valence-corrected chi connectivity index (χ2v) is 4.67. The van der Waals surface area contributed by atoms with E-state index in [1.165, 1.54) is 19.3 Å². The van der Waals surface area contributed by atoms with Gasteiger partial charge in [0.1, 0.15) is 0 Å². The highest BCUT2D eigenvalue weighted by atomic mass is 127. The Kier molecular flexibility index (Phi) is 1.69. The van der Waals surface area contributed by atoms with Gasteiger partial charge in [-0.25, -0.2) is 0 Å². The van der Waals surface area contributed by atoms with Crippen molar-refractivity contribution in [2.24, 2.45) is 5.92 Å². The first-order valence-corrected chi connectivity index (χ1v) is 4.86. The highest BCUT2D eigenvalue weighted by molar-refractivity contribution is 14.1. The molecule has 1 saturated heterocycles. The molecule has 3 atom stereocenters. The predicted octanol–water partition coefficient (Wildman–Crippen LogP) is 1.99. The molecule has 0 unspecified atom stereocenters. The number of alkyl halides is 1. The van der Waals surface area contributed by atoms with Crippen LogP contribution in [0.25, 0.3) is 0 Å². The molecule has 52 valence electrons.